The molecule has 0 radical (unpaired) electrons. The van der Waals surface area contributed by atoms with Crippen LogP contribution in [0.5, 0.6) is 5.75 Å². The molecule has 2 aromatic rings. The van der Waals surface area contributed by atoms with E-state index >= 15 is 0 Å². The predicted molar refractivity (Wildman–Crippen MR) is 102 cm³/mol. The van der Waals surface area contributed by atoms with E-state index in [2.05, 4.69) is 5.10 Å². The van der Waals surface area contributed by atoms with Gasteiger partial charge in [0.25, 0.3) is 5.43 Å². The van der Waals surface area contributed by atoms with Crippen LogP contribution in [0.3, 0.4) is 0 Å². The molecule has 9 heteroatoms. The number of aromatic hydroxyl groups is 1. The van der Waals surface area contributed by atoms with Crippen LogP contribution < -0.4 is 5.43 Å². The molecule has 0 atom stereocenters. The number of aromatic nitrogens is 2. The number of alkyl halides is 3. The van der Waals surface area contributed by atoms with Crippen molar-refractivity contribution in [3.8, 4) is 5.75 Å². The van der Waals surface area contributed by atoms with E-state index in [0.717, 1.165) is 24.6 Å². The molecule has 1 aliphatic rings. The van der Waals surface area contributed by atoms with E-state index in [0.29, 0.717) is 25.7 Å². The fourth-order valence-corrected chi connectivity index (χ4v) is 4.30. The highest BCUT2D eigenvalue weighted by molar-refractivity contribution is 5.97. The van der Waals surface area contributed by atoms with Gasteiger partial charge in [-0.15, -0.1) is 0 Å². The molecule has 0 amide bonds. The highest BCUT2D eigenvalue weighted by atomic mass is 19.4. The maximum Gasteiger partial charge on any atom is 0.416 e. The number of benzene rings is 1. The molecule has 1 aromatic heterocycles. The second-order valence-electron chi connectivity index (χ2n) is 7.68. The first-order chi connectivity index (χ1) is 14.0. The van der Waals surface area contributed by atoms with Gasteiger partial charge in [0, 0.05) is 19.3 Å². The number of Topliss-reactive ketones (excluding diaryl/α,β-unsaturated/α-hetero) is 2. The van der Waals surface area contributed by atoms with Crippen molar-refractivity contribution in [1.82, 2.24) is 9.78 Å². The highest BCUT2D eigenvalue weighted by Crippen LogP contribution is 2.47. The molecule has 30 heavy (non-hydrogen) atoms. The summed E-state index contributed by atoms with van der Waals surface area (Å²) in [5, 5.41) is 14.2. The Morgan fingerprint density at radius 2 is 1.73 bits per heavy atom. The molecule has 1 aliphatic carbocycles. The Bertz CT molecular complexity index is 1070. The fraction of sp³-hybridized carbons (Fsp3) is 0.429. The SMILES string of the molecule is CC(=O)c1nn(CC2(c3ccccc3C(F)(F)F)CCCC2)c(C(C)=O)c(O)c1=O. The smallest absolute Gasteiger partial charge is 0.416 e. The van der Waals surface area contributed by atoms with Crippen LogP contribution in [0, 0.1) is 0 Å². The monoisotopic (exact) mass is 422 g/mol. The van der Waals surface area contributed by atoms with Crippen molar-refractivity contribution >= 4 is 11.6 Å². The van der Waals surface area contributed by atoms with Gasteiger partial charge in [-0.05, 0) is 24.5 Å². The van der Waals surface area contributed by atoms with Crippen molar-refractivity contribution < 1.29 is 27.9 Å². The molecule has 0 unspecified atom stereocenters. The maximum atomic E-state index is 13.7. The summed E-state index contributed by atoms with van der Waals surface area (Å²) >= 11 is 0. The zero-order valence-corrected chi connectivity index (χ0v) is 16.5. The molecular formula is C21H21F3N2O4. The topological polar surface area (TPSA) is 89.3 Å². The molecule has 0 aliphatic heterocycles. The van der Waals surface area contributed by atoms with E-state index < -0.39 is 51.3 Å². The molecule has 1 heterocycles. The van der Waals surface area contributed by atoms with Gasteiger partial charge in [0.2, 0.25) is 0 Å². The Balaban J connectivity index is 2.24. The van der Waals surface area contributed by atoms with Crippen LogP contribution in [0.1, 0.15) is 71.6 Å². The largest absolute Gasteiger partial charge is 0.502 e. The highest BCUT2D eigenvalue weighted by Gasteiger charge is 2.44. The number of ketones is 2. The second kappa shape index (κ2) is 7.70. The van der Waals surface area contributed by atoms with Crippen molar-refractivity contribution in [3.05, 3.63) is 57.0 Å². The Morgan fingerprint density at radius 3 is 2.27 bits per heavy atom. The van der Waals surface area contributed by atoms with E-state index in [4.69, 9.17) is 0 Å². The third kappa shape index (κ3) is 3.76. The van der Waals surface area contributed by atoms with Gasteiger partial charge in [-0.2, -0.15) is 18.3 Å². The average molecular weight is 422 g/mol. The number of nitrogens with zero attached hydrogens (tertiary/aromatic N) is 2. The molecule has 1 N–H and O–H groups in total. The minimum absolute atomic E-state index is 0.0777. The predicted octanol–water partition coefficient (Wildman–Crippen LogP) is 3.88. The first kappa shape index (κ1) is 21.7. The van der Waals surface area contributed by atoms with Crippen LogP contribution in [-0.2, 0) is 18.1 Å². The Morgan fingerprint density at radius 1 is 1.13 bits per heavy atom. The van der Waals surface area contributed by atoms with Crippen LogP contribution in [0.4, 0.5) is 13.2 Å². The lowest BCUT2D eigenvalue weighted by molar-refractivity contribution is -0.138. The van der Waals surface area contributed by atoms with E-state index in [1.807, 2.05) is 0 Å². The van der Waals surface area contributed by atoms with Crippen LogP contribution in [0.25, 0.3) is 0 Å². The standard InChI is InChI=1S/C21H21F3N2O4/c1-12(27)16-18(29)19(30)17(13(2)28)26(25-16)11-20(9-5-6-10-20)14-7-3-4-8-15(14)21(22,23)24/h3-4,7-8,30H,5-6,9-11H2,1-2H3. The Kier molecular flexibility index (Phi) is 5.58. The third-order valence-electron chi connectivity index (χ3n) is 5.62. The summed E-state index contributed by atoms with van der Waals surface area (Å²) in [5.41, 5.74) is -3.75. The number of halogens is 3. The fourth-order valence-electron chi connectivity index (χ4n) is 4.30. The van der Waals surface area contributed by atoms with Crippen LogP contribution in [0.2, 0.25) is 0 Å². The van der Waals surface area contributed by atoms with Crippen molar-refractivity contribution in [2.75, 3.05) is 0 Å². The molecule has 0 spiro atoms. The third-order valence-corrected chi connectivity index (χ3v) is 5.62. The molecule has 160 valence electrons. The van der Waals surface area contributed by atoms with Gasteiger partial charge < -0.3 is 5.11 Å². The Labute approximate surface area is 170 Å². The summed E-state index contributed by atoms with van der Waals surface area (Å²) in [7, 11) is 0. The van der Waals surface area contributed by atoms with Gasteiger partial charge in [-0.25, -0.2) is 0 Å². The van der Waals surface area contributed by atoms with Crippen molar-refractivity contribution in [2.45, 2.75) is 57.7 Å². The molecule has 3 rings (SSSR count). The van der Waals surface area contributed by atoms with Crippen molar-refractivity contribution in [1.29, 1.82) is 0 Å². The molecule has 1 aromatic carbocycles. The van der Waals surface area contributed by atoms with E-state index in [9.17, 15) is 32.7 Å². The number of carbonyl (C=O) groups excluding carboxylic acids is 2. The van der Waals surface area contributed by atoms with Gasteiger partial charge >= 0.3 is 6.18 Å². The summed E-state index contributed by atoms with van der Waals surface area (Å²) < 4.78 is 42.1. The second-order valence-corrected chi connectivity index (χ2v) is 7.68. The summed E-state index contributed by atoms with van der Waals surface area (Å²) in [4.78, 5) is 36.2. The van der Waals surface area contributed by atoms with Gasteiger partial charge in [-0.1, -0.05) is 31.0 Å². The zero-order chi connectivity index (χ0) is 22.3. The van der Waals surface area contributed by atoms with Crippen LogP contribution in [0.15, 0.2) is 29.1 Å². The molecular weight excluding hydrogens is 401 g/mol. The van der Waals surface area contributed by atoms with Gasteiger partial charge in [0.15, 0.2) is 23.0 Å². The Hall–Kier alpha value is -2.97. The molecule has 0 bridgehead atoms. The summed E-state index contributed by atoms with van der Waals surface area (Å²) in [5.74, 6) is -2.31. The summed E-state index contributed by atoms with van der Waals surface area (Å²) in [6.07, 6.45) is -2.41. The van der Waals surface area contributed by atoms with Gasteiger partial charge in [-0.3, -0.25) is 19.1 Å². The average Bonchev–Trinajstić information content (AvgIpc) is 3.13. The van der Waals surface area contributed by atoms with Crippen molar-refractivity contribution in [3.63, 3.8) is 0 Å². The normalized spacial score (nSPS) is 15.9. The molecule has 1 saturated carbocycles. The minimum atomic E-state index is -4.57. The quantitative estimate of drug-likeness (QED) is 0.739. The molecule has 1 fully saturated rings. The van der Waals surface area contributed by atoms with E-state index in [1.54, 1.807) is 0 Å². The van der Waals surface area contributed by atoms with E-state index in [1.165, 1.54) is 18.2 Å². The zero-order valence-electron chi connectivity index (χ0n) is 16.5. The lowest BCUT2D eigenvalue weighted by Crippen LogP contribution is -2.35. The van der Waals surface area contributed by atoms with Crippen molar-refractivity contribution in [2.24, 2.45) is 0 Å². The lowest BCUT2D eigenvalue weighted by Gasteiger charge is -2.33. The first-order valence-electron chi connectivity index (χ1n) is 9.50. The molecule has 0 saturated heterocycles. The number of rotatable bonds is 5. The summed E-state index contributed by atoms with van der Waals surface area (Å²) in [6.45, 7) is 2.03. The molecule has 6 nitrogen and oxygen atoms in total. The maximum absolute atomic E-state index is 13.7. The number of hydrogen-bond acceptors (Lipinski definition) is 5. The first-order valence-corrected chi connectivity index (χ1v) is 9.50. The van der Waals surface area contributed by atoms with Crippen LogP contribution >= 0.6 is 0 Å². The van der Waals surface area contributed by atoms with Gasteiger partial charge in [0.05, 0.1) is 12.1 Å². The number of carbonyl (C=O) groups is 2. The summed E-state index contributed by atoms with van der Waals surface area (Å²) in [6, 6.07) is 5.26. The van der Waals surface area contributed by atoms with E-state index in [-0.39, 0.29) is 12.1 Å². The minimum Gasteiger partial charge on any atom is -0.502 e. The number of hydrogen-bond donors (Lipinski definition) is 1. The lowest BCUT2D eigenvalue weighted by atomic mass is 9.76. The van der Waals surface area contributed by atoms with Gasteiger partial charge in [0.1, 0.15) is 5.69 Å². The van der Waals surface area contributed by atoms with Crippen LogP contribution in [-0.4, -0.2) is 26.5 Å².